The van der Waals surface area contributed by atoms with E-state index in [-0.39, 0.29) is 11.6 Å². The molecule has 35 heavy (non-hydrogen) atoms. The molecule has 0 bridgehead atoms. The molecule has 2 aliphatic rings. The lowest BCUT2D eigenvalue weighted by Gasteiger charge is -2.31. The molecule has 0 radical (unpaired) electrons. The molecule has 6 rings (SSSR count). The van der Waals surface area contributed by atoms with Crippen molar-refractivity contribution in [3.05, 3.63) is 115 Å². The molecule has 6 nitrogen and oxygen atoms in total. The van der Waals surface area contributed by atoms with Crippen LogP contribution < -0.4 is 24.4 Å². The van der Waals surface area contributed by atoms with Crippen LogP contribution in [0.3, 0.4) is 0 Å². The van der Waals surface area contributed by atoms with E-state index in [0.29, 0.717) is 15.1 Å². The number of fused-ring (bicyclic) bond motifs is 3. The van der Waals surface area contributed by atoms with Crippen LogP contribution in [0.1, 0.15) is 34.7 Å². The fourth-order valence-corrected chi connectivity index (χ4v) is 5.96. The Kier molecular flexibility index (Phi) is 5.34. The van der Waals surface area contributed by atoms with Crippen LogP contribution in [0.4, 0.5) is 0 Å². The SMILES string of the molecule is COc1ccc(OC)c(C2C3=C(N=c4s/c(=C/c5ccncc5)c(=O)n42)c2ccccc2CC3)c1. The molecule has 2 aromatic carbocycles. The second-order valence-corrected chi connectivity index (χ2v) is 9.51. The van der Waals surface area contributed by atoms with Gasteiger partial charge in [0.1, 0.15) is 11.5 Å². The molecular formula is C28H23N3O3S. The molecule has 7 heteroatoms. The minimum atomic E-state index is -0.334. The molecule has 1 aliphatic heterocycles. The van der Waals surface area contributed by atoms with Crippen molar-refractivity contribution in [3.63, 3.8) is 0 Å². The monoisotopic (exact) mass is 481 g/mol. The van der Waals surface area contributed by atoms with Crippen molar-refractivity contribution < 1.29 is 9.47 Å². The van der Waals surface area contributed by atoms with Crippen molar-refractivity contribution in [2.45, 2.75) is 18.9 Å². The summed E-state index contributed by atoms with van der Waals surface area (Å²) in [5.74, 6) is 1.43. The van der Waals surface area contributed by atoms with Crippen LogP contribution in [-0.2, 0) is 6.42 Å². The summed E-state index contributed by atoms with van der Waals surface area (Å²) in [6.07, 6.45) is 7.07. The van der Waals surface area contributed by atoms with Crippen LogP contribution in [0, 0.1) is 0 Å². The molecule has 3 heterocycles. The van der Waals surface area contributed by atoms with Crippen LogP contribution in [-0.4, -0.2) is 23.8 Å². The zero-order valence-corrected chi connectivity index (χ0v) is 20.2. The van der Waals surface area contributed by atoms with Crippen molar-refractivity contribution in [1.29, 1.82) is 0 Å². The van der Waals surface area contributed by atoms with Gasteiger partial charge in [0.05, 0.1) is 30.5 Å². The highest BCUT2D eigenvalue weighted by molar-refractivity contribution is 7.07. The standard InChI is InChI=1S/C28H23N3O3S/c1-33-19-8-10-23(34-2)22(16-19)26-21-9-7-18-5-3-4-6-20(18)25(21)30-28-31(26)27(32)24(35-28)15-17-11-13-29-14-12-17/h3-6,8,10-16,26H,7,9H2,1-2H3/b24-15+. The van der Waals surface area contributed by atoms with Crippen molar-refractivity contribution in [1.82, 2.24) is 9.55 Å². The number of allylic oxidation sites excluding steroid dienone is 1. The number of ether oxygens (including phenoxy) is 2. The van der Waals surface area contributed by atoms with Crippen molar-refractivity contribution in [2.24, 2.45) is 4.99 Å². The third kappa shape index (κ3) is 3.59. The average Bonchev–Trinajstić information content (AvgIpc) is 3.21. The third-order valence-corrected chi connectivity index (χ3v) is 7.59. The van der Waals surface area contributed by atoms with E-state index in [0.717, 1.165) is 46.6 Å². The molecule has 0 saturated carbocycles. The highest BCUT2D eigenvalue weighted by atomic mass is 32.1. The molecule has 1 unspecified atom stereocenters. The predicted molar refractivity (Wildman–Crippen MR) is 137 cm³/mol. The number of rotatable bonds is 4. The summed E-state index contributed by atoms with van der Waals surface area (Å²) in [5.41, 5.74) is 6.25. The van der Waals surface area contributed by atoms with Crippen molar-refractivity contribution in [3.8, 4) is 11.5 Å². The van der Waals surface area contributed by atoms with Gasteiger partial charge < -0.3 is 9.47 Å². The topological polar surface area (TPSA) is 65.7 Å². The lowest BCUT2D eigenvalue weighted by Crippen LogP contribution is -2.39. The first kappa shape index (κ1) is 21.6. The molecular weight excluding hydrogens is 458 g/mol. The molecule has 1 atom stereocenters. The Morgan fingerprint density at radius 2 is 1.86 bits per heavy atom. The summed E-state index contributed by atoms with van der Waals surface area (Å²) >= 11 is 1.41. The molecule has 0 amide bonds. The maximum absolute atomic E-state index is 13.8. The fraction of sp³-hybridized carbons (Fsp3) is 0.179. The normalized spacial score (nSPS) is 16.7. The highest BCUT2D eigenvalue weighted by Crippen LogP contribution is 2.44. The van der Waals surface area contributed by atoms with E-state index in [2.05, 4.69) is 23.2 Å². The smallest absolute Gasteiger partial charge is 0.271 e. The number of thiazole rings is 1. The van der Waals surface area contributed by atoms with Gasteiger partial charge in [0, 0.05) is 23.5 Å². The lowest BCUT2D eigenvalue weighted by molar-refractivity contribution is 0.392. The second-order valence-electron chi connectivity index (χ2n) is 8.50. The summed E-state index contributed by atoms with van der Waals surface area (Å²) in [4.78, 5) is 23.7. The molecule has 4 aromatic rings. The summed E-state index contributed by atoms with van der Waals surface area (Å²) in [5, 5.41) is 0. The van der Waals surface area contributed by atoms with Gasteiger partial charge >= 0.3 is 0 Å². The van der Waals surface area contributed by atoms with Gasteiger partial charge in [0.25, 0.3) is 5.56 Å². The van der Waals surface area contributed by atoms with Gasteiger partial charge in [-0.2, -0.15) is 0 Å². The zero-order chi connectivity index (χ0) is 23.9. The van der Waals surface area contributed by atoms with E-state index < -0.39 is 0 Å². The first-order chi connectivity index (χ1) is 17.2. The predicted octanol–water partition coefficient (Wildman–Crippen LogP) is 3.73. The van der Waals surface area contributed by atoms with Crippen LogP contribution in [0.5, 0.6) is 11.5 Å². The van der Waals surface area contributed by atoms with Crippen LogP contribution in [0.15, 0.2) is 82.4 Å². The van der Waals surface area contributed by atoms with Gasteiger partial charge in [-0.3, -0.25) is 14.3 Å². The van der Waals surface area contributed by atoms with Crippen LogP contribution in [0.25, 0.3) is 11.8 Å². The maximum atomic E-state index is 13.8. The molecule has 0 saturated heterocycles. The largest absolute Gasteiger partial charge is 0.497 e. The Hall–Kier alpha value is -3.97. The Labute approximate surface area is 206 Å². The van der Waals surface area contributed by atoms with E-state index in [1.165, 1.54) is 16.9 Å². The number of pyridine rings is 1. The summed E-state index contributed by atoms with van der Waals surface area (Å²) in [7, 11) is 3.30. The first-order valence-corrected chi connectivity index (χ1v) is 12.2. The van der Waals surface area contributed by atoms with Crippen molar-refractivity contribution in [2.75, 3.05) is 14.2 Å². The van der Waals surface area contributed by atoms with Crippen LogP contribution >= 0.6 is 11.3 Å². The zero-order valence-electron chi connectivity index (χ0n) is 19.4. The second kappa shape index (κ2) is 8.67. The number of hydrogen-bond donors (Lipinski definition) is 0. The van der Waals surface area contributed by atoms with E-state index in [4.69, 9.17) is 14.5 Å². The number of benzene rings is 2. The summed E-state index contributed by atoms with van der Waals surface area (Å²) in [6.45, 7) is 0. The van der Waals surface area contributed by atoms with Gasteiger partial charge in [0.2, 0.25) is 0 Å². The quantitative estimate of drug-likeness (QED) is 0.446. The lowest BCUT2D eigenvalue weighted by atomic mass is 9.83. The fourth-order valence-electron chi connectivity index (χ4n) is 4.96. The Balaban J connectivity index is 1.67. The van der Waals surface area contributed by atoms with Gasteiger partial charge in [-0.15, -0.1) is 0 Å². The van der Waals surface area contributed by atoms with Gasteiger partial charge in [0.15, 0.2) is 4.80 Å². The summed E-state index contributed by atoms with van der Waals surface area (Å²) < 4.78 is 13.8. The van der Waals surface area contributed by atoms with Crippen LogP contribution in [0.2, 0.25) is 0 Å². The Bertz CT molecular complexity index is 1650. The first-order valence-electron chi connectivity index (χ1n) is 11.4. The average molecular weight is 482 g/mol. The van der Waals surface area contributed by atoms with E-state index in [1.54, 1.807) is 26.6 Å². The van der Waals surface area contributed by atoms with Gasteiger partial charge in [-0.25, -0.2) is 4.99 Å². The van der Waals surface area contributed by atoms with Crippen molar-refractivity contribution >= 4 is 23.1 Å². The van der Waals surface area contributed by atoms with E-state index in [1.807, 2.05) is 47.0 Å². The minimum absolute atomic E-state index is 0.0640. The van der Waals surface area contributed by atoms with E-state index in [9.17, 15) is 4.79 Å². The third-order valence-electron chi connectivity index (χ3n) is 6.61. The molecule has 2 aromatic heterocycles. The highest BCUT2D eigenvalue weighted by Gasteiger charge is 2.34. The molecule has 0 fully saturated rings. The molecule has 0 N–H and O–H groups in total. The number of aryl methyl sites for hydroxylation is 1. The number of methoxy groups -OCH3 is 2. The summed E-state index contributed by atoms with van der Waals surface area (Å²) in [6, 6.07) is 17.6. The van der Waals surface area contributed by atoms with Gasteiger partial charge in [-0.1, -0.05) is 35.6 Å². The number of hydrogen-bond acceptors (Lipinski definition) is 6. The number of nitrogens with zero attached hydrogens (tertiary/aromatic N) is 3. The van der Waals surface area contributed by atoms with E-state index >= 15 is 0 Å². The molecule has 1 aliphatic carbocycles. The Morgan fingerprint density at radius 3 is 2.66 bits per heavy atom. The molecule has 174 valence electrons. The molecule has 0 spiro atoms. The minimum Gasteiger partial charge on any atom is -0.497 e. The van der Waals surface area contributed by atoms with Gasteiger partial charge in [-0.05, 0) is 65.9 Å². The maximum Gasteiger partial charge on any atom is 0.271 e. The Morgan fingerprint density at radius 1 is 1.03 bits per heavy atom. The number of aromatic nitrogens is 2.